The van der Waals surface area contributed by atoms with Crippen LogP contribution in [0.3, 0.4) is 0 Å². The van der Waals surface area contributed by atoms with Crippen LogP contribution < -0.4 is 5.32 Å². The third-order valence-corrected chi connectivity index (χ3v) is 1.92. The molecular weight excluding hydrogens is 162 g/mol. The smallest absolute Gasteiger partial charge is 0.120 e. The molecule has 0 aliphatic carbocycles. The summed E-state index contributed by atoms with van der Waals surface area (Å²) in [7, 11) is 0. The molecule has 0 saturated carbocycles. The monoisotopic (exact) mass is 173 g/mol. The summed E-state index contributed by atoms with van der Waals surface area (Å²) >= 11 is 0. The van der Waals surface area contributed by atoms with Crippen molar-refractivity contribution in [3.63, 3.8) is 0 Å². The quantitative estimate of drug-likeness (QED) is 0.647. The predicted octanol–water partition coefficient (Wildman–Crippen LogP) is 1.74. The Hall–Kier alpha value is -0.470. The molecule has 2 nitrogen and oxygen atoms in total. The van der Waals surface area contributed by atoms with Crippen LogP contribution in [-0.2, 0) is 13.0 Å². The van der Waals surface area contributed by atoms with Crippen molar-refractivity contribution in [2.75, 3.05) is 6.54 Å². The number of nitrogens with one attached hydrogen (secondary N) is 1. The highest BCUT2D eigenvalue weighted by Gasteiger charge is 2.08. The molecule has 0 spiro atoms. The Kier molecular flexibility index (Phi) is 2.97. The van der Waals surface area contributed by atoms with Gasteiger partial charge in [-0.2, -0.15) is 0 Å². The van der Waals surface area contributed by atoms with E-state index in [0.717, 1.165) is 18.8 Å². The topological polar surface area (TPSA) is 25.2 Å². The number of furan rings is 1. The van der Waals surface area contributed by atoms with Crippen LogP contribution in [0.5, 0.6) is 0 Å². The Morgan fingerprint density at radius 2 is 2.36 bits per heavy atom. The van der Waals surface area contributed by atoms with E-state index in [1.54, 1.807) is 6.26 Å². The van der Waals surface area contributed by atoms with Gasteiger partial charge in [0.2, 0.25) is 0 Å². The molecule has 62 valence electrons. The standard InChI is InChI=1S/C8H11NO.ClH/c1-2-7-3-5-10-8(7)6-9-4-1;/h3,5,9H,1-2,4,6H2;1H. The van der Waals surface area contributed by atoms with Crippen LogP contribution in [0.1, 0.15) is 17.7 Å². The van der Waals surface area contributed by atoms with Crippen molar-refractivity contribution in [1.82, 2.24) is 5.32 Å². The van der Waals surface area contributed by atoms with Crippen molar-refractivity contribution in [2.24, 2.45) is 0 Å². The summed E-state index contributed by atoms with van der Waals surface area (Å²) in [5.74, 6) is 1.12. The summed E-state index contributed by atoms with van der Waals surface area (Å²) in [5, 5.41) is 3.30. The summed E-state index contributed by atoms with van der Waals surface area (Å²) in [4.78, 5) is 0. The van der Waals surface area contributed by atoms with Crippen LogP contribution in [0.15, 0.2) is 16.7 Å². The lowest BCUT2D eigenvalue weighted by Crippen LogP contribution is -2.11. The molecule has 0 unspecified atom stereocenters. The first-order valence-corrected chi connectivity index (χ1v) is 3.73. The van der Waals surface area contributed by atoms with Gasteiger partial charge in [0, 0.05) is 0 Å². The molecule has 0 saturated heterocycles. The van der Waals surface area contributed by atoms with Crippen molar-refractivity contribution in [2.45, 2.75) is 19.4 Å². The van der Waals surface area contributed by atoms with Crippen LogP contribution in [0.4, 0.5) is 0 Å². The number of aryl methyl sites for hydroxylation is 1. The first-order chi connectivity index (χ1) is 4.97. The van der Waals surface area contributed by atoms with E-state index >= 15 is 0 Å². The maximum Gasteiger partial charge on any atom is 0.120 e. The van der Waals surface area contributed by atoms with Gasteiger partial charge in [0.1, 0.15) is 5.76 Å². The minimum Gasteiger partial charge on any atom is -0.468 e. The Balaban J connectivity index is 0.000000605. The fourth-order valence-corrected chi connectivity index (χ4v) is 1.35. The molecule has 2 rings (SSSR count). The van der Waals surface area contributed by atoms with Crippen LogP contribution in [-0.4, -0.2) is 6.54 Å². The van der Waals surface area contributed by atoms with Gasteiger partial charge in [-0.1, -0.05) is 0 Å². The van der Waals surface area contributed by atoms with Crippen molar-refractivity contribution in [3.8, 4) is 0 Å². The van der Waals surface area contributed by atoms with E-state index in [2.05, 4.69) is 11.4 Å². The highest BCUT2D eigenvalue weighted by molar-refractivity contribution is 5.85. The lowest BCUT2D eigenvalue weighted by atomic mass is 10.1. The van der Waals surface area contributed by atoms with Crippen LogP contribution >= 0.6 is 12.4 Å². The molecule has 0 atom stereocenters. The SMILES string of the molecule is Cl.c1cc2c(o1)CNCCC2. The van der Waals surface area contributed by atoms with E-state index in [4.69, 9.17) is 4.42 Å². The molecule has 1 aromatic rings. The second-order valence-corrected chi connectivity index (χ2v) is 2.65. The lowest BCUT2D eigenvalue weighted by molar-refractivity contribution is 0.488. The fourth-order valence-electron chi connectivity index (χ4n) is 1.35. The minimum atomic E-state index is 0. The van der Waals surface area contributed by atoms with Gasteiger partial charge >= 0.3 is 0 Å². The van der Waals surface area contributed by atoms with Gasteiger partial charge in [-0.15, -0.1) is 12.4 Å². The lowest BCUT2D eigenvalue weighted by Gasteiger charge is -1.94. The van der Waals surface area contributed by atoms with Crippen molar-refractivity contribution in [3.05, 3.63) is 23.7 Å². The summed E-state index contributed by atoms with van der Waals surface area (Å²) in [5.41, 5.74) is 1.38. The molecule has 1 aliphatic rings. The van der Waals surface area contributed by atoms with E-state index in [0.29, 0.717) is 0 Å². The molecule has 0 amide bonds. The van der Waals surface area contributed by atoms with E-state index in [9.17, 15) is 0 Å². The maximum atomic E-state index is 5.27. The molecule has 11 heavy (non-hydrogen) atoms. The number of halogens is 1. The van der Waals surface area contributed by atoms with E-state index in [1.807, 2.05) is 0 Å². The Labute approximate surface area is 72.4 Å². The average molecular weight is 174 g/mol. The number of hydrogen-bond acceptors (Lipinski definition) is 2. The first kappa shape index (κ1) is 8.62. The van der Waals surface area contributed by atoms with Crippen molar-refractivity contribution in [1.29, 1.82) is 0 Å². The predicted molar refractivity (Wildman–Crippen MR) is 46.0 cm³/mol. The van der Waals surface area contributed by atoms with Gasteiger partial charge in [0.15, 0.2) is 0 Å². The molecule has 0 fully saturated rings. The fraction of sp³-hybridized carbons (Fsp3) is 0.500. The van der Waals surface area contributed by atoms with Gasteiger partial charge in [0.25, 0.3) is 0 Å². The molecule has 0 radical (unpaired) electrons. The molecule has 2 heterocycles. The van der Waals surface area contributed by atoms with Crippen molar-refractivity contribution < 1.29 is 4.42 Å². The number of fused-ring (bicyclic) bond motifs is 1. The Morgan fingerprint density at radius 1 is 1.45 bits per heavy atom. The zero-order valence-corrected chi connectivity index (χ0v) is 7.12. The maximum absolute atomic E-state index is 5.27. The highest BCUT2D eigenvalue weighted by atomic mass is 35.5. The second kappa shape index (κ2) is 3.79. The van der Waals surface area contributed by atoms with Crippen LogP contribution in [0.25, 0.3) is 0 Å². The molecule has 1 aromatic heterocycles. The molecular formula is C8H12ClNO. The van der Waals surface area contributed by atoms with Gasteiger partial charge in [-0.3, -0.25) is 0 Å². The third kappa shape index (κ3) is 1.76. The van der Waals surface area contributed by atoms with Crippen LogP contribution in [0, 0.1) is 0 Å². The van der Waals surface area contributed by atoms with Gasteiger partial charge in [0.05, 0.1) is 12.8 Å². The van der Waals surface area contributed by atoms with Gasteiger partial charge < -0.3 is 9.73 Å². The zero-order valence-electron chi connectivity index (χ0n) is 6.30. The summed E-state index contributed by atoms with van der Waals surface area (Å²) < 4.78 is 5.27. The molecule has 3 heteroatoms. The molecule has 1 aliphatic heterocycles. The van der Waals surface area contributed by atoms with Gasteiger partial charge in [-0.25, -0.2) is 0 Å². The van der Waals surface area contributed by atoms with Crippen LogP contribution in [0.2, 0.25) is 0 Å². The zero-order chi connectivity index (χ0) is 6.81. The third-order valence-electron chi connectivity index (χ3n) is 1.92. The van der Waals surface area contributed by atoms with E-state index < -0.39 is 0 Å². The minimum absolute atomic E-state index is 0. The Morgan fingerprint density at radius 3 is 3.27 bits per heavy atom. The average Bonchev–Trinajstić information content (AvgIpc) is 2.28. The van der Waals surface area contributed by atoms with Crippen molar-refractivity contribution >= 4 is 12.4 Å². The van der Waals surface area contributed by atoms with E-state index in [-0.39, 0.29) is 12.4 Å². The first-order valence-electron chi connectivity index (χ1n) is 3.73. The molecule has 0 aromatic carbocycles. The van der Waals surface area contributed by atoms with E-state index in [1.165, 1.54) is 18.4 Å². The van der Waals surface area contributed by atoms with Gasteiger partial charge in [-0.05, 0) is 31.0 Å². The highest BCUT2D eigenvalue weighted by Crippen LogP contribution is 2.14. The Bertz CT molecular complexity index is 201. The number of rotatable bonds is 0. The normalized spacial score (nSPS) is 16.4. The summed E-state index contributed by atoms with van der Waals surface area (Å²) in [6.45, 7) is 2.02. The summed E-state index contributed by atoms with van der Waals surface area (Å²) in [6.07, 6.45) is 4.17. The molecule has 1 N–H and O–H groups in total. The number of hydrogen-bond donors (Lipinski definition) is 1. The largest absolute Gasteiger partial charge is 0.468 e. The second-order valence-electron chi connectivity index (χ2n) is 2.65. The molecule has 0 bridgehead atoms. The summed E-state index contributed by atoms with van der Waals surface area (Å²) in [6, 6.07) is 2.07.